The maximum absolute atomic E-state index is 13.0. The second-order valence-electron chi connectivity index (χ2n) is 5.83. The first-order valence-corrected chi connectivity index (χ1v) is 8.19. The zero-order chi connectivity index (χ0) is 20.3. The molecule has 3 aromatic rings. The highest BCUT2D eigenvalue weighted by Gasteiger charge is 2.22. The van der Waals surface area contributed by atoms with Gasteiger partial charge in [0.25, 0.3) is 5.56 Å². The van der Waals surface area contributed by atoms with E-state index in [1.807, 2.05) is 0 Å². The molecule has 2 aromatic carbocycles. The van der Waals surface area contributed by atoms with Gasteiger partial charge in [-0.05, 0) is 36.8 Å². The summed E-state index contributed by atoms with van der Waals surface area (Å²) in [5.74, 6) is -1.95. The van der Waals surface area contributed by atoms with Crippen LogP contribution in [0, 0.1) is 6.92 Å². The van der Waals surface area contributed by atoms with E-state index in [-0.39, 0.29) is 28.1 Å². The van der Waals surface area contributed by atoms with Crippen LogP contribution in [0.3, 0.4) is 0 Å². The average Bonchev–Trinajstić information content (AvgIpc) is 2.69. The van der Waals surface area contributed by atoms with Crippen molar-refractivity contribution in [1.29, 1.82) is 0 Å². The summed E-state index contributed by atoms with van der Waals surface area (Å²) in [6, 6.07) is 14.3. The van der Waals surface area contributed by atoms with E-state index in [9.17, 15) is 24.6 Å². The lowest BCUT2D eigenvalue weighted by molar-refractivity contribution is 0.0696. The van der Waals surface area contributed by atoms with Gasteiger partial charge < -0.3 is 10.2 Å². The molecule has 0 unspecified atom stereocenters. The van der Waals surface area contributed by atoms with Gasteiger partial charge in [-0.2, -0.15) is 5.11 Å². The quantitative estimate of drug-likeness (QED) is 0.518. The molecule has 1 heterocycles. The van der Waals surface area contributed by atoms with Crippen LogP contribution in [0.4, 0.5) is 11.4 Å². The van der Waals surface area contributed by atoms with Gasteiger partial charge >= 0.3 is 5.97 Å². The summed E-state index contributed by atoms with van der Waals surface area (Å²) >= 11 is 0. The first-order chi connectivity index (χ1) is 13.5. The molecule has 0 bridgehead atoms. The van der Waals surface area contributed by atoms with Crippen molar-refractivity contribution in [2.24, 2.45) is 10.2 Å². The maximum Gasteiger partial charge on any atom is 0.337 e. The largest absolute Gasteiger partial charge is 0.494 e. The number of hydrogen-bond donors (Lipinski definition) is 2. The molecule has 0 amide bonds. The number of benzene rings is 2. The molecule has 0 aliphatic heterocycles. The Balaban J connectivity index is 2.31. The van der Waals surface area contributed by atoms with Gasteiger partial charge in [-0.25, -0.2) is 9.36 Å². The fourth-order valence-corrected chi connectivity index (χ4v) is 2.71. The van der Waals surface area contributed by atoms with Crippen LogP contribution in [-0.4, -0.2) is 27.0 Å². The van der Waals surface area contributed by atoms with Gasteiger partial charge in [0.2, 0.25) is 5.88 Å². The van der Waals surface area contributed by atoms with Gasteiger partial charge in [0.05, 0.1) is 22.5 Å². The number of carbonyl (C=O) groups is 2. The molecule has 0 spiro atoms. The van der Waals surface area contributed by atoms with Crippen molar-refractivity contribution in [2.45, 2.75) is 6.92 Å². The summed E-state index contributed by atoms with van der Waals surface area (Å²) in [5, 5.41) is 27.8. The summed E-state index contributed by atoms with van der Waals surface area (Å²) in [5.41, 5.74) is -0.830. The smallest absolute Gasteiger partial charge is 0.337 e. The van der Waals surface area contributed by atoms with E-state index in [2.05, 4.69) is 10.2 Å². The fourth-order valence-electron chi connectivity index (χ4n) is 2.71. The Labute approximate surface area is 159 Å². The monoisotopic (exact) mass is 377 g/mol. The van der Waals surface area contributed by atoms with Crippen LogP contribution < -0.4 is 5.56 Å². The lowest BCUT2D eigenvalue weighted by atomic mass is 10.1. The normalized spacial score (nSPS) is 10.9. The number of para-hydroxylation sites is 1. The molecule has 8 heteroatoms. The number of carboxylic acid groups (broad SMARTS) is 1. The molecule has 140 valence electrons. The van der Waals surface area contributed by atoms with Crippen LogP contribution in [0.25, 0.3) is 5.69 Å². The predicted octanol–water partition coefficient (Wildman–Crippen LogP) is 3.78. The third-order valence-corrected chi connectivity index (χ3v) is 4.13. The van der Waals surface area contributed by atoms with Gasteiger partial charge in [-0.1, -0.05) is 30.3 Å². The number of aldehydes is 1. The Morgan fingerprint density at radius 2 is 1.68 bits per heavy atom. The van der Waals surface area contributed by atoms with E-state index in [0.29, 0.717) is 12.0 Å². The van der Waals surface area contributed by atoms with Crippen LogP contribution in [0.15, 0.2) is 69.6 Å². The van der Waals surface area contributed by atoms with Crippen LogP contribution in [0.5, 0.6) is 5.88 Å². The van der Waals surface area contributed by atoms with Crippen molar-refractivity contribution in [3.63, 3.8) is 0 Å². The molecule has 28 heavy (non-hydrogen) atoms. The third kappa shape index (κ3) is 3.30. The number of azo groups is 1. The zero-order valence-electron chi connectivity index (χ0n) is 14.7. The number of carboxylic acids is 1. The van der Waals surface area contributed by atoms with E-state index in [1.165, 1.54) is 31.2 Å². The molecule has 0 aliphatic carbocycles. The molecular formula is C20H15N3O5. The molecule has 2 N–H and O–H groups in total. The molecular weight excluding hydrogens is 362 g/mol. The van der Waals surface area contributed by atoms with E-state index < -0.39 is 17.4 Å². The highest BCUT2D eigenvalue weighted by Crippen LogP contribution is 2.29. The van der Waals surface area contributed by atoms with E-state index in [4.69, 9.17) is 0 Å². The summed E-state index contributed by atoms with van der Waals surface area (Å²) < 4.78 is 0.750. The summed E-state index contributed by atoms with van der Waals surface area (Å²) in [6.07, 6.45) is 0.380. The van der Waals surface area contributed by atoms with Crippen molar-refractivity contribution >= 4 is 23.6 Å². The molecule has 0 atom stereocenters. The Bertz CT molecular complexity index is 1150. The van der Waals surface area contributed by atoms with Gasteiger partial charge in [0.15, 0.2) is 12.0 Å². The lowest BCUT2D eigenvalue weighted by Crippen LogP contribution is -2.22. The Kier molecular flexibility index (Phi) is 5.12. The molecule has 1 aromatic heterocycles. The highest BCUT2D eigenvalue weighted by atomic mass is 16.4. The topological polar surface area (TPSA) is 121 Å². The molecule has 0 saturated heterocycles. The summed E-state index contributed by atoms with van der Waals surface area (Å²) in [7, 11) is 0. The SMILES string of the molecule is Cc1c(C=O)c(O)n(-c2ccccc2C(=O)O)c(=O)c1N=Nc1ccccc1. The Hall–Kier alpha value is -4.07. The maximum atomic E-state index is 13.0. The fraction of sp³-hybridized carbons (Fsp3) is 0.0500. The van der Waals surface area contributed by atoms with Crippen LogP contribution in [0.2, 0.25) is 0 Å². The standard InChI is InChI=1S/C20H15N3O5/c1-12-15(11-24)18(25)23(16-10-6-5-9-14(16)20(27)28)19(26)17(12)22-21-13-7-3-2-4-8-13/h2-11,25H,1H3,(H,27,28). The van der Waals surface area contributed by atoms with Crippen molar-refractivity contribution in [3.8, 4) is 11.6 Å². The lowest BCUT2D eigenvalue weighted by Gasteiger charge is -2.15. The zero-order valence-corrected chi connectivity index (χ0v) is 14.7. The van der Waals surface area contributed by atoms with Crippen LogP contribution in [0.1, 0.15) is 26.3 Å². The average molecular weight is 377 g/mol. The van der Waals surface area contributed by atoms with Crippen molar-refractivity contribution in [2.75, 3.05) is 0 Å². The third-order valence-electron chi connectivity index (χ3n) is 4.13. The van der Waals surface area contributed by atoms with Gasteiger partial charge in [-0.15, -0.1) is 5.11 Å². The minimum absolute atomic E-state index is 0.0863. The Morgan fingerprint density at radius 1 is 1.04 bits per heavy atom. The molecule has 0 fully saturated rings. The predicted molar refractivity (Wildman–Crippen MR) is 101 cm³/mol. The minimum Gasteiger partial charge on any atom is -0.494 e. The number of pyridine rings is 1. The second kappa shape index (κ2) is 7.67. The first-order valence-electron chi connectivity index (χ1n) is 8.19. The molecule has 0 saturated carbocycles. The van der Waals surface area contributed by atoms with E-state index in [0.717, 1.165) is 4.57 Å². The summed E-state index contributed by atoms with van der Waals surface area (Å²) in [6.45, 7) is 1.46. The van der Waals surface area contributed by atoms with E-state index >= 15 is 0 Å². The first kappa shape index (κ1) is 18.7. The van der Waals surface area contributed by atoms with Gasteiger partial charge in [0.1, 0.15) is 0 Å². The van der Waals surface area contributed by atoms with Gasteiger partial charge in [-0.3, -0.25) is 9.59 Å². The number of aromatic hydroxyl groups is 1. The van der Waals surface area contributed by atoms with Crippen LogP contribution >= 0.6 is 0 Å². The Morgan fingerprint density at radius 3 is 2.32 bits per heavy atom. The number of rotatable bonds is 5. The number of carbonyl (C=O) groups excluding carboxylic acids is 1. The van der Waals surface area contributed by atoms with Crippen LogP contribution in [-0.2, 0) is 0 Å². The van der Waals surface area contributed by atoms with E-state index in [1.54, 1.807) is 30.3 Å². The summed E-state index contributed by atoms with van der Waals surface area (Å²) in [4.78, 5) is 36.1. The number of hydrogen-bond acceptors (Lipinski definition) is 6. The minimum atomic E-state index is -1.29. The molecule has 8 nitrogen and oxygen atoms in total. The number of aromatic nitrogens is 1. The number of nitrogens with zero attached hydrogens (tertiary/aromatic N) is 3. The number of aromatic carboxylic acids is 1. The van der Waals surface area contributed by atoms with Gasteiger partial charge in [0, 0.05) is 0 Å². The molecule has 0 radical (unpaired) electrons. The highest BCUT2D eigenvalue weighted by molar-refractivity contribution is 5.92. The van der Waals surface area contributed by atoms with Crippen molar-refractivity contribution in [1.82, 2.24) is 4.57 Å². The van der Waals surface area contributed by atoms with Crippen molar-refractivity contribution < 1.29 is 19.8 Å². The second-order valence-corrected chi connectivity index (χ2v) is 5.83. The molecule has 3 rings (SSSR count). The molecule has 0 aliphatic rings. The van der Waals surface area contributed by atoms with Crippen molar-refractivity contribution in [3.05, 3.63) is 81.6 Å².